The van der Waals surface area contributed by atoms with Crippen LogP contribution in [0.5, 0.6) is 0 Å². The molecule has 0 saturated heterocycles. The fourth-order valence-electron chi connectivity index (χ4n) is 1.43. The maximum atomic E-state index is 10.6. The zero-order chi connectivity index (χ0) is 10.4. The second kappa shape index (κ2) is 5.56. The highest BCUT2D eigenvalue weighted by molar-refractivity contribution is 5.75. The van der Waals surface area contributed by atoms with Crippen molar-refractivity contribution in [2.24, 2.45) is 17.6 Å². The van der Waals surface area contributed by atoms with Crippen LogP contribution in [0.3, 0.4) is 0 Å². The second-order valence-electron chi connectivity index (χ2n) is 3.74. The lowest BCUT2D eigenvalue weighted by atomic mass is 9.91. The molecule has 0 radical (unpaired) electrons. The summed E-state index contributed by atoms with van der Waals surface area (Å²) in [7, 11) is 0. The molecule has 13 heavy (non-hydrogen) atoms. The summed E-state index contributed by atoms with van der Waals surface area (Å²) in [6.45, 7) is 3.95. The molecule has 0 aromatic carbocycles. The molecule has 0 fully saturated rings. The van der Waals surface area contributed by atoms with Crippen LogP contribution in [0.4, 0.5) is 0 Å². The van der Waals surface area contributed by atoms with Gasteiger partial charge >= 0.3 is 0 Å². The number of hydrogen-bond donors (Lipinski definition) is 1. The zero-order valence-corrected chi connectivity index (χ0v) is 8.08. The fraction of sp³-hybridized carbons (Fsp3) is 0.778. The van der Waals surface area contributed by atoms with Gasteiger partial charge in [-0.1, -0.05) is 13.8 Å². The van der Waals surface area contributed by atoms with Crippen LogP contribution in [0.25, 0.3) is 0 Å². The van der Waals surface area contributed by atoms with E-state index in [1.165, 1.54) is 0 Å². The van der Waals surface area contributed by atoms with E-state index < -0.39 is 11.9 Å². The first-order valence-electron chi connectivity index (χ1n) is 4.40. The molecule has 0 saturated carbocycles. The largest absolute Gasteiger partial charge is 0.550 e. The summed E-state index contributed by atoms with van der Waals surface area (Å²) in [5, 5.41) is 10.3. The van der Waals surface area contributed by atoms with E-state index in [0.29, 0.717) is 12.3 Å². The smallest absolute Gasteiger partial charge is 0.217 e. The third kappa shape index (κ3) is 7.31. The topological polar surface area (TPSA) is 83.2 Å². The highest BCUT2D eigenvalue weighted by Gasteiger charge is 2.13. The Morgan fingerprint density at radius 2 is 1.85 bits per heavy atom. The van der Waals surface area contributed by atoms with Gasteiger partial charge in [-0.2, -0.15) is 0 Å². The molecule has 4 heteroatoms. The molecule has 0 aromatic rings. The molecule has 0 heterocycles. The molecule has 4 nitrogen and oxygen atoms in total. The lowest BCUT2D eigenvalue weighted by Gasteiger charge is -2.17. The molecular weight excluding hydrogens is 170 g/mol. The van der Waals surface area contributed by atoms with Crippen molar-refractivity contribution < 1.29 is 14.7 Å². The van der Waals surface area contributed by atoms with Crippen molar-refractivity contribution in [1.29, 1.82) is 0 Å². The average molecular weight is 186 g/mol. The van der Waals surface area contributed by atoms with Crippen LogP contribution in [0.1, 0.15) is 33.1 Å². The molecule has 0 rings (SSSR count). The summed E-state index contributed by atoms with van der Waals surface area (Å²) in [5.74, 6) is -1.38. The number of carboxylic acids is 1. The van der Waals surface area contributed by atoms with E-state index >= 15 is 0 Å². The van der Waals surface area contributed by atoms with Crippen molar-refractivity contribution in [2.45, 2.75) is 33.1 Å². The quantitative estimate of drug-likeness (QED) is 0.616. The molecule has 76 valence electrons. The first-order valence-corrected chi connectivity index (χ1v) is 4.40. The van der Waals surface area contributed by atoms with Crippen LogP contribution in [0.15, 0.2) is 0 Å². The molecule has 2 N–H and O–H groups in total. The first-order chi connectivity index (χ1) is 5.91. The number of aliphatic carboxylic acids is 1. The molecule has 1 atom stereocenters. The first kappa shape index (κ1) is 11.9. The van der Waals surface area contributed by atoms with Crippen molar-refractivity contribution in [3.05, 3.63) is 0 Å². The minimum Gasteiger partial charge on any atom is -0.550 e. The number of carboxylic acid groups (broad SMARTS) is 1. The second-order valence-corrected chi connectivity index (χ2v) is 3.74. The Kier molecular flexibility index (Phi) is 5.11. The van der Waals surface area contributed by atoms with Crippen molar-refractivity contribution in [1.82, 2.24) is 0 Å². The predicted octanol–water partition coefficient (Wildman–Crippen LogP) is -0.336. The molecule has 0 aliphatic rings. The van der Waals surface area contributed by atoms with Crippen molar-refractivity contribution >= 4 is 11.9 Å². The Labute approximate surface area is 78.1 Å². The van der Waals surface area contributed by atoms with Gasteiger partial charge in [0.1, 0.15) is 0 Å². The minimum absolute atomic E-state index is 0.0822. The standard InChI is InChI=1S/C9H17NO3/c1-6(2)3-7(4-8(10)11)5-9(12)13/h6-7H,3-5H2,1-2H3,(H2,10,11)(H,12,13)/p-1/t7-/m0/s1. The summed E-state index contributed by atoms with van der Waals surface area (Å²) in [6, 6.07) is 0. The van der Waals surface area contributed by atoms with E-state index in [2.05, 4.69) is 0 Å². The monoisotopic (exact) mass is 186 g/mol. The van der Waals surface area contributed by atoms with Gasteiger partial charge in [-0.3, -0.25) is 4.79 Å². The summed E-state index contributed by atoms with van der Waals surface area (Å²) < 4.78 is 0. The Morgan fingerprint density at radius 3 is 2.15 bits per heavy atom. The van der Waals surface area contributed by atoms with Gasteiger partial charge < -0.3 is 15.6 Å². The lowest BCUT2D eigenvalue weighted by molar-refractivity contribution is -0.306. The molecular formula is C9H16NO3-. The Balaban J connectivity index is 4.02. The fourth-order valence-corrected chi connectivity index (χ4v) is 1.43. The van der Waals surface area contributed by atoms with Gasteiger partial charge in [-0.05, 0) is 24.7 Å². The number of carbonyl (C=O) groups is 2. The van der Waals surface area contributed by atoms with E-state index in [1.807, 2.05) is 13.8 Å². The molecule has 0 aliphatic heterocycles. The lowest BCUT2D eigenvalue weighted by Crippen LogP contribution is -2.28. The van der Waals surface area contributed by atoms with Crippen LogP contribution in [0.2, 0.25) is 0 Å². The number of nitrogens with two attached hydrogens (primary N) is 1. The van der Waals surface area contributed by atoms with Crippen molar-refractivity contribution in [3.8, 4) is 0 Å². The Bertz CT molecular complexity index is 173. The number of carbonyl (C=O) groups excluding carboxylic acids is 2. The summed E-state index contributed by atoms with van der Waals surface area (Å²) >= 11 is 0. The number of amides is 1. The normalized spacial score (nSPS) is 12.8. The van der Waals surface area contributed by atoms with E-state index in [4.69, 9.17) is 5.73 Å². The molecule has 0 spiro atoms. The highest BCUT2D eigenvalue weighted by Crippen LogP contribution is 2.18. The van der Waals surface area contributed by atoms with Gasteiger partial charge in [0.15, 0.2) is 0 Å². The molecule has 0 bridgehead atoms. The molecule has 0 aliphatic carbocycles. The average Bonchev–Trinajstić information content (AvgIpc) is 1.80. The molecule has 0 unspecified atom stereocenters. The maximum absolute atomic E-state index is 10.6. The molecule has 1 amide bonds. The SMILES string of the molecule is CC(C)C[C@@H](CC(N)=O)CC(=O)[O-]. The van der Waals surface area contributed by atoms with Crippen LogP contribution in [-0.4, -0.2) is 11.9 Å². The highest BCUT2D eigenvalue weighted by atomic mass is 16.4. The van der Waals surface area contributed by atoms with Gasteiger partial charge in [0.25, 0.3) is 0 Å². The third-order valence-corrected chi connectivity index (χ3v) is 1.75. The minimum atomic E-state index is -1.12. The van der Waals surface area contributed by atoms with Gasteiger partial charge in [-0.15, -0.1) is 0 Å². The van der Waals surface area contributed by atoms with Gasteiger partial charge in [-0.25, -0.2) is 0 Å². The van der Waals surface area contributed by atoms with Crippen molar-refractivity contribution in [2.75, 3.05) is 0 Å². The van der Waals surface area contributed by atoms with E-state index in [0.717, 1.165) is 0 Å². The zero-order valence-electron chi connectivity index (χ0n) is 8.08. The van der Waals surface area contributed by atoms with Crippen LogP contribution in [-0.2, 0) is 9.59 Å². The van der Waals surface area contributed by atoms with Crippen LogP contribution < -0.4 is 10.8 Å². The van der Waals surface area contributed by atoms with Crippen LogP contribution >= 0.6 is 0 Å². The Morgan fingerprint density at radius 1 is 1.31 bits per heavy atom. The van der Waals surface area contributed by atoms with E-state index in [-0.39, 0.29) is 18.8 Å². The van der Waals surface area contributed by atoms with Crippen molar-refractivity contribution in [3.63, 3.8) is 0 Å². The van der Waals surface area contributed by atoms with Gasteiger partial charge in [0.2, 0.25) is 5.91 Å². The van der Waals surface area contributed by atoms with Crippen LogP contribution in [0, 0.1) is 11.8 Å². The maximum Gasteiger partial charge on any atom is 0.217 e. The third-order valence-electron chi connectivity index (χ3n) is 1.75. The summed E-state index contributed by atoms with van der Waals surface area (Å²) in [4.78, 5) is 20.9. The summed E-state index contributed by atoms with van der Waals surface area (Å²) in [6.07, 6.45) is 0.740. The Hall–Kier alpha value is -1.06. The number of rotatable bonds is 6. The van der Waals surface area contributed by atoms with E-state index in [9.17, 15) is 14.7 Å². The van der Waals surface area contributed by atoms with Gasteiger partial charge in [0.05, 0.1) is 0 Å². The molecule has 0 aromatic heterocycles. The summed E-state index contributed by atoms with van der Waals surface area (Å²) in [5.41, 5.74) is 4.99. The van der Waals surface area contributed by atoms with Gasteiger partial charge in [0, 0.05) is 12.4 Å². The number of hydrogen-bond acceptors (Lipinski definition) is 3. The predicted molar refractivity (Wildman–Crippen MR) is 46.4 cm³/mol. The van der Waals surface area contributed by atoms with E-state index in [1.54, 1.807) is 0 Å². The number of primary amides is 1.